The zero-order valence-electron chi connectivity index (χ0n) is 11.0. The van der Waals surface area contributed by atoms with Gasteiger partial charge >= 0.3 is 0 Å². The summed E-state index contributed by atoms with van der Waals surface area (Å²) in [4.78, 5) is 4.18. The van der Waals surface area contributed by atoms with Crippen molar-refractivity contribution in [2.75, 3.05) is 14.2 Å². The topological polar surface area (TPSA) is 40.6 Å². The standard InChI is InChI=1S/C14H13BrFNO3/c1-18-13-3-4-17-12(14(13)19-2)8-20-11-6-9(15)5-10(16)7-11/h3-7H,8H2,1-2H3. The van der Waals surface area contributed by atoms with E-state index in [1.54, 1.807) is 25.4 Å². The van der Waals surface area contributed by atoms with Crippen molar-refractivity contribution in [3.63, 3.8) is 0 Å². The fourth-order valence-corrected chi connectivity index (χ4v) is 2.16. The van der Waals surface area contributed by atoms with Crippen LogP contribution in [-0.2, 0) is 6.61 Å². The van der Waals surface area contributed by atoms with E-state index in [0.717, 1.165) is 0 Å². The van der Waals surface area contributed by atoms with E-state index in [-0.39, 0.29) is 12.4 Å². The minimum Gasteiger partial charge on any atom is -0.493 e. The first-order valence-corrected chi connectivity index (χ1v) is 6.58. The van der Waals surface area contributed by atoms with Crippen LogP contribution in [0.25, 0.3) is 0 Å². The van der Waals surface area contributed by atoms with Crippen molar-refractivity contribution in [3.05, 3.63) is 46.4 Å². The quantitative estimate of drug-likeness (QED) is 0.833. The second-order valence-corrected chi connectivity index (χ2v) is 4.80. The lowest BCUT2D eigenvalue weighted by atomic mass is 10.3. The highest BCUT2D eigenvalue weighted by atomic mass is 79.9. The van der Waals surface area contributed by atoms with Crippen molar-refractivity contribution in [2.45, 2.75) is 6.61 Å². The Bertz CT molecular complexity index is 587. The van der Waals surface area contributed by atoms with Gasteiger partial charge < -0.3 is 14.2 Å². The Labute approximate surface area is 124 Å². The van der Waals surface area contributed by atoms with E-state index in [1.807, 2.05) is 0 Å². The molecule has 0 saturated carbocycles. The highest BCUT2D eigenvalue weighted by Crippen LogP contribution is 2.30. The molecule has 1 heterocycles. The second kappa shape index (κ2) is 6.56. The number of halogens is 2. The lowest BCUT2D eigenvalue weighted by molar-refractivity contribution is 0.283. The van der Waals surface area contributed by atoms with E-state index in [2.05, 4.69) is 20.9 Å². The van der Waals surface area contributed by atoms with Crippen LogP contribution in [0.2, 0.25) is 0 Å². The third-order valence-corrected chi connectivity index (χ3v) is 3.04. The van der Waals surface area contributed by atoms with E-state index >= 15 is 0 Å². The number of aromatic nitrogens is 1. The first kappa shape index (κ1) is 14.6. The maximum absolute atomic E-state index is 13.2. The Morgan fingerprint density at radius 3 is 2.65 bits per heavy atom. The molecule has 4 nitrogen and oxygen atoms in total. The summed E-state index contributed by atoms with van der Waals surface area (Å²) in [5.74, 6) is 1.11. The fourth-order valence-electron chi connectivity index (χ4n) is 1.72. The molecule has 0 saturated heterocycles. The molecule has 0 aliphatic heterocycles. The van der Waals surface area contributed by atoms with Gasteiger partial charge in [-0.1, -0.05) is 15.9 Å². The van der Waals surface area contributed by atoms with Gasteiger partial charge in [0.2, 0.25) is 0 Å². The van der Waals surface area contributed by atoms with Crippen LogP contribution in [0, 0.1) is 5.82 Å². The Kier molecular flexibility index (Phi) is 4.79. The molecule has 1 aromatic heterocycles. The minimum absolute atomic E-state index is 0.149. The predicted octanol–water partition coefficient (Wildman–Crippen LogP) is 3.58. The molecule has 106 valence electrons. The average molecular weight is 342 g/mol. The lowest BCUT2D eigenvalue weighted by Gasteiger charge is -2.12. The summed E-state index contributed by atoms with van der Waals surface area (Å²) < 4.78 is 29.8. The molecule has 20 heavy (non-hydrogen) atoms. The Balaban J connectivity index is 2.18. The molecule has 0 aliphatic rings. The monoisotopic (exact) mass is 341 g/mol. The van der Waals surface area contributed by atoms with Crippen LogP contribution in [0.1, 0.15) is 5.69 Å². The zero-order chi connectivity index (χ0) is 14.5. The summed E-state index contributed by atoms with van der Waals surface area (Å²) in [5.41, 5.74) is 0.576. The first-order valence-electron chi connectivity index (χ1n) is 5.78. The van der Waals surface area contributed by atoms with E-state index in [4.69, 9.17) is 14.2 Å². The summed E-state index contributed by atoms with van der Waals surface area (Å²) in [6, 6.07) is 6.03. The van der Waals surface area contributed by atoms with Crippen LogP contribution in [0.15, 0.2) is 34.9 Å². The number of pyridine rings is 1. The summed E-state index contributed by atoms with van der Waals surface area (Å²) in [5, 5.41) is 0. The second-order valence-electron chi connectivity index (χ2n) is 3.89. The normalized spacial score (nSPS) is 10.2. The Hall–Kier alpha value is -1.82. The molecule has 0 amide bonds. The van der Waals surface area contributed by atoms with Crippen molar-refractivity contribution < 1.29 is 18.6 Å². The van der Waals surface area contributed by atoms with Gasteiger partial charge in [0, 0.05) is 22.8 Å². The van der Waals surface area contributed by atoms with E-state index in [1.165, 1.54) is 19.2 Å². The van der Waals surface area contributed by atoms with Gasteiger partial charge in [-0.2, -0.15) is 0 Å². The largest absolute Gasteiger partial charge is 0.493 e. The number of ether oxygens (including phenoxy) is 3. The van der Waals surface area contributed by atoms with Gasteiger partial charge in [0.05, 0.1) is 14.2 Å². The molecule has 0 radical (unpaired) electrons. The Morgan fingerprint density at radius 1 is 1.20 bits per heavy atom. The molecule has 0 unspecified atom stereocenters. The van der Waals surface area contributed by atoms with Crippen LogP contribution in [0.4, 0.5) is 4.39 Å². The van der Waals surface area contributed by atoms with Crippen LogP contribution >= 0.6 is 15.9 Å². The third kappa shape index (κ3) is 3.39. The third-order valence-electron chi connectivity index (χ3n) is 2.58. The molecule has 1 aromatic carbocycles. The van der Waals surface area contributed by atoms with Gasteiger partial charge in [-0.25, -0.2) is 4.39 Å². The van der Waals surface area contributed by atoms with E-state index in [0.29, 0.717) is 27.4 Å². The number of hydrogen-bond acceptors (Lipinski definition) is 4. The number of rotatable bonds is 5. The molecule has 6 heteroatoms. The van der Waals surface area contributed by atoms with Crippen molar-refractivity contribution in [1.82, 2.24) is 4.98 Å². The average Bonchev–Trinajstić information content (AvgIpc) is 2.43. The first-order chi connectivity index (χ1) is 9.63. The Morgan fingerprint density at radius 2 is 2.00 bits per heavy atom. The molecule has 0 bridgehead atoms. The van der Waals surface area contributed by atoms with Crippen LogP contribution < -0.4 is 14.2 Å². The van der Waals surface area contributed by atoms with Gasteiger partial charge in [-0.05, 0) is 12.1 Å². The molecular formula is C14H13BrFNO3. The maximum atomic E-state index is 13.2. The van der Waals surface area contributed by atoms with Crippen LogP contribution in [-0.4, -0.2) is 19.2 Å². The zero-order valence-corrected chi connectivity index (χ0v) is 12.6. The number of nitrogens with zero attached hydrogens (tertiary/aromatic N) is 1. The number of methoxy groups -OCH3 is 2. The SMILES string of the molecule is COc1ccnc(COc2cc(F)cc(Br)c2)c1OC. The highest BCUT2D eigenvalue weighted by molar-refractivity contribution is 9.10. The summed E-state index contributed by atoms with van der Waals surface area (Å²) in [6.45, 7) is 0.149. The van der Waals surface area contributed by atoms with E-state index in [9.17, 15) is 4.39 Å². The van der Waals surface area contributed by atoms with Gasteiger partial charge in [0.25, 0.3) is 0 Å². The van der Waals surface area contributed by atoms with Crippen LogP contribution in [0.3, 0.4) is 0 Å². The highest BCUT2D eigenvalue weighted by Gasteiger charge is 2.12. The van der Waals surface area contributed by atoms with Gasteiger partial charge in [0.1, 0.15) is 23.9 Å². The molecule has 0 spiro atoms. The summed E-state index contributed by atoms with van der Waals surface area (Å²) >= 11 is 3.21. The van der Waals surface area contributed by atoms with Gasteiger partial charge in [0.15, 0.2) is 11.5 Å². The van der Waals surface area contributed by atoms with Crippen molar-refractivity contribution in [3.8, 4) is 17.2 Å². The fraction of sp³-hybridized carbons (Fsp3) is 0.214. The van der Waals surface area contributed by atoms with Gasteiger partial charge in [-0.15, -0.1) is 0 Å². The lowest BCUT2D eigenvalue weighted by Crippen LogP contribution is -2.03. The maximum Gasteiger partial charge on any atom is 0.185 e. The van der Waals surface area contributed by atoms with Gasteiger partial charge in [-0.3, -0.25) is 4.98 Å². The molecule has 2 rings (SSSR count). The molecular weight excluding hydrogens is 329 g/mol. The molecule has 0 atom stereocenters. The molecule has 2 aromatic rings. The molecule has 0 fully saturated rings. The number of benzene rings is 1. The molecule has 0 N–H and O–H groups in total. The predicted molar refractivity (Wildman–Crippen MR) is 75.8 cm³/mol. The van der Waals surface area contributed by atoms with Crippen molar-refractivity contribution in [1.29, 1.82) is 0 Å². The van der Waals surface area contributed by atoms with Crippen molar-refractivity contribution in [2.24, 2.45) is 0 Å². The molecule has 0 aliphatic carbocycles. The van der Waals surface area contributed by atoms with Crippen LogP contribution in [0.5, 0.6) is 17.2 Å². The summed E-state index contributed by atoms with van der Waals surface area (Å²) in [6.07, 6.45) is 1.60. The minimum atomic E-state index is -0.375. The summed E-state index contributed by atoms with van der Waals surface area (Å²) in [7, 11) is 3.08. The number of hydrogen-bond donors (Lipinski definition) is 0. The smallest absolute Gasteiger partial charge is 0.185 e. The van der Waals surface area contributed by atoms with Crippen molar-refractivity contribution >= 4 is 15.9 Å². The van der Waals surface area contributed by atoms with E-state index < -0.39 is 0 Å².